The Balaban J connectivity index is 2.81. The van der Waals surface area contributed by atoms with Crippen LogP contribution in [-0.2, 0) is 4.43 Å². The zero-order chi connectivity index (χ0) is 24.7. The van der Waals surface area contributed by atoms with E-state index in [2.05, 4.69) is 78.8 Å². The van der Waals surface area contributed by atoms with E-state index in [1.807, 2.05) is 0 Å². The van der Waals surface area contributed by atoms with Gasteiger partial charge in [-0.1, -0.05) is 41.5 Å². The van der Waals surface area contributed by atoms with Crippen molar-refractivity contribution in [3.8, 4) is 17.6 Å². The number of nitrogens with zero attached hydrogens (tertiary/aromatic N) is 1. The Kier molecular flexibility index (Phi) is 7.11. The Morgan fingerprint density at radius 3 is 2.06 bits per heavy atom. The Morgan fingerprint density at radius 2 is 1.59 bits per heavy atom. The van der Waals surface area contributed by atoms with E-state index in [-0.39, 0.29) is 15.5 Å². The lowest BCUT2D eigenvalue weighted by molar-refractivity contribution is 0.237. The summed E-state index contributed by atoms with van der Waals surface area (Å²) in [6.07, 6.45) is 0.709. The van der Waals surface area contributed by atoms with Gasteiger partial charge in [0.25, 0.3) is 8.32 Å². The molecule has 0 amide bonds. The first kappa shape index (κ1) is 26.2. The van der Waals surface area contributed by atoms with Crippen LogP contribution in [0.2, 0.25) is 36.3 Å². The largest absolute Gasteiger partial charge is 0.540 e. The Morgan fingerprint density at radius 1 is 1.03 bits per heavy atom. The van der Waals surface area contributed by atoms with Gasteiger partial charge < -0.3 is 18.6 Å². The first-order valence-corrected chi connectivity index (χ1v) is 16.8. The van der Waals surface area contributed by atoms with E-state index in [0.717, 1.165) is 0 Å². The molecule has 1 aromatic heterocycles. The highest BCUT2D eigenvalue weighted by Gasteiger charge is 2.42. The van der Waals surface area contributed by atoms with Crippen molar-refractivity contribution in [3.05, 3.63) is 34.1 Å². The number of aromatic amines is 1. The highest BCUT2D eigenvalue weighted by molar-refractivity contribution is 6.75. The molecule has 1 aromatic carbocycles. The number of benzene rings is 1. The van der Waals surface area contributed by atoms with Gasteiger partial charge in [0, 0.05) is 17.8 Å². The Hall–Kier alpha value is -2.09. The van der Waals surface area contributed by atoms with Gasteiger partial charge in [0.2, 0.25) is 0 Å². The van der Waals surface area contributed by atoms with Gasteiger partial charge in [-0.15, -0.1) is 0 Å². The smallest absolute Gasteiger partial charge is 0.250 e. The third-order valence-corrected chi connectivity index (χ3v) is 15.8. The molecule has 1 unspecified atom stereocenters. The van der Waals surface area contributed by atoms with Gasteiger partial charge in [0.1, 0.15) is 0 Å². The fraction of sp³-hybridized carbons (Fsp3) is 0.583. The van der Waals surface area contributed by atoms with Crippen molar-refractivity contribution >= 4 is 27.5 Å². The molecule has 0 spiro atoms. The van der Waals surface area contributed by atoms with Crippen molar-refractivity contribution in [2.45, 2.75) is 83.9 Å². The van der Waals surface area contributed by atoms with Crippen molar-refractivity contribution in [3.63, 3.8) is 0 Å². The molecule has 0 aliphatic rings. The van der Waals surface area contributed by atoms with E-state index >= 15 is 0 Å². The molecule has 0 fully saturated rings. The van der Waals surface area contributed by atoms with Crippen LogP contribution in [0.25, 0.3) is 10.9 Å². The van der Waals surface area contributed by atoms with Crippen LogP contribution >= 0.6 is 0 Å². The van der Waals surface area contributed by atoms with Crippen LogP contribution in [0.15, 0.2) is 23.1 Å². The topological polar surface area (TPSA) is 84.3 Å². The lowest BCUT2D eigenvalue weighted by Crippen LogP contribution is -2.44. The Labute approximate surface area is 194 Å². The fourth-order valence-corrected chi connectivity index (χ4v) is 4.99. The van der Waals surface area contributed by atoms with Crippen LogP contribution in [0.1, 0.15) is 53.2 Å². The minimum Gasteiger partial charge on any atom is -0.540 e. The molecule has 0 saturated heterocycles. The lowest BCUT2D eigenvalue weighted by atomic mass is 10.0. The van der Waals surface area contributed by atoms with Crippen molar-refractivity contribution in [2.75, 3.05) is 7.11 Å². The van der Waals surface area contributed by atoms with Crippen LogP contribution < -0.4 is 14.6 Å². The monoisotopic (exact) mass is 474 g/mol. The molecule has 32 heavy (non-hydrogen) atoms. The maximum atomic E-state index is 13.0. The summed E-state index contributed by atoms with van der Waals surface area (Å²) in [7, 11) is -2.95. The molecule has 0 radical (unpaired) electrons. The number of methoxy groups -OCH3 is 1. The van der Waals surface area contributed by atoms with Gasteiger partial charge in [0.05, 0.1) is 24.1 Å². The van der Waals surface area contributed by atoms with Crippen LogP contribution in [-0.4, -0.2) is 28.7 Å². The molecule has 6 nitrogen and oxygen atoms in total. The number of H-pyrrole nitrogens is 1. The zero-order valence-electron chi connectivity index (χ0n) is 21.4. The number of hydrogen-bond donors (Lipinski definition) is 1. The maximum absolute atomic E-state index is 13.0. The number of aromatic nitrogens is 1. The number of hydrogen-bond acceptors (Lipinski definition) is 5. The molecule has 2 rings (SSSR count). The molecule has 1 N–H and O–H groups in total. The van der Waals surface area contributed by atoms with Gasteiger partial charge >= 0.3 is 0 Å². The minimum atomic E-state index is -2.28. The van der Waals surface area contributed by atoms with E-state index in [0.29, 0.717) is 28.0 Å². The van der Waals surface area contributed by atoms with Crippen molar-refractivity contribution in [1.82, 2.24) is 4.98 Å². The molecule has 0 aliphatic heterocycles. The molecule has 0 saturated carbocycles. The fourth-order valence-electron chi connectivity index (χ4n) is 2.85. The van der Waals surface area contributed by atoms with E-state index in [1.54, 1.807) is 19.4 Å². The van der Waals surface area contributed by atoms with E-state index in [4.69, 9.17) is 13.6 Å². The number of nitriles is 1. The second-order valence-corrected chi connectivity index (χ2v) is 20.8. The normalized spacial score (nSPS) is 14.2. The lowest BCUT2D eigenvalue weighted by Gasteiger charge is -2.38. The predicted octanol–water partition coefficient (Wildman–Crippen LogP) is 6.51. The van der Waals surface area contributed by atoms with E-state index in [9.17, 15) is 10.1 Å². The van der Waals surface area contributed by atoms with Crippen LogP contribution in [0.4, 0.5) is 0 Å². The maximum Gasteiger partial charge on any atom is 0.250 e. The average molecular weight is 475 g/mol. The molecule has 176 valence electrons. The van der Waals surface area contributed by atoms with Crippen molar-refractivity contribution < 1.29 is 13.6 Å². The van der Waals surface area contributed by atoms with Crippen LogP contribution in [0.5, 0.6) is 11.5 Å². The molecule has 1 atom stereocenters. The third kappa shape index (κ3) is 4.95. The molecule has 0 aliphatic carbocycles. The van der Waals surface area contributed by atoms with Crippen LogP contribution in [0, 0.1) is 11.3 Å². The molecular weight excluding hydrogens is 436 g/mol. The Bertz CT molecular complexity index is 1090. The number of fused-ring (bicyclic) bond motifs is 1. The minimum absolute atomic E-state index is 0.0429. The molecule has 0 bridgehead atoms. The summed E-state index contributed by atoms with van der Waals surface area (Å²) in [4.78, 5) is 16.2. The number of nitrogens with one attached hydrogen (secondary N) is 1. The van der Waals surface area contributed by atoms with E-state index in [1.165, 1.54) is 6.07 Å². The van der Waals surface area contributed by atoms with Gasteiger partial charge in [-0.25, -0.2) is 0 Å². The number of pyridine rings is 1. The van der Waals surface area contributed by atoms with Crippen molar-refractivity contribution in [1.29, 1.82) is 5.26 Å². The van der Waals surface area contributed by atoms with E-state index < -0.39 is 22.7 Å². The summed E-state index contributed by atoms with van der Waals surface area (Å²) in [6.45, 7) is 21.3. The average Bonchev–Trinajstić information content (AvgIpc) is 2.64. The first-order valence-electron chi connectivity index (χ1n) is 11.0. The van der Waals surface area contributed by atoms with Crippen LogP contribution in [0.3, 0.4) is 0 Å². The standard InChI is InChI=1S/C24H38N2O4Si2/c1-23(2,3)31(8,9)29-19(15-25)16-14-18(28-7)22(30-32(10,11)24(4,5)6)21-20(16)17(27)12-13-26-21/h12-14,19H,1-11H3,(H,26,27). The highest BCUT2D eigenvalue weighted by Crippen LogP contribution is 2.45. The number of rotatable bonds is 6. The second kappa shape index (κ2) is 8.69. The number of ether oxygens (including phenoxy) is 1. The second-order valence-electron chi connectivity index (χ2n) is 11.3. The summed E-state index contributed by atoms with van der Waals surface area (Å²) in [5.41, 5.74) is 0.861. The predicted molar refractivity (Wildman–Crippen MR) is 136 cm³/mol. The molecular formula is C24H38N2O4Si2. The highest BCUT2D eigenvalue weighted by atomic mass is 28.4. The summed E-state index contributed by atoms with van der Waals surface area (Å²) in [5.74, 6) is 0.998. The molecule has 1 heterocycles. The van der Waals surface area contributed by atoms with Gasteiger partial charge in [-0.05, 0) is 42.3 Å². The van der Waals surface area contributed by atoms with Gasteiger partial charge in [-0.3, -0.25) is 4.79 Å². The summed E-state index contributed by atoms with van der Waals surface area (Å²) < 4.78 is 18.7. The quantitative estimate of drug-likeness (QED) is 0.483. The molecule has 8 heteroatoms. The van der Waals surface area contributed by atoms with Crippen molar-refractivity contribution in [2.24, 2.45) is 0 Å². The first-order chi connectivity index (χ1) is 14.5. The molecule has 2 aromatic rings. The zero-order valence-corrected chi connectivity index (χ0v) is 23.4. The summed E-state index contributed by atoms with van der Waals surface area (Å²) >= 11 is 0. The third-order valence-electron chi connectivity index (χ3n) is 6.99. The SMILES string of the molecule is COc1cc(C(C#N)O[Si](C)(C)C(C)(C)C)c2c(=O)cc[nH]c2c1O[Si](C)(C)C(C)(C)C. The summed E-state index contributed by atoms with van der Waals surface area (Å²) in [6, 6.07) is 5.49. The summed E-state index contributed by atoms with van der Waals surface area (Å²) in [5, 5.41) is 10.3. The van der Waals surface area contributed by atoms with Gasteiger partial charge in [0.15, 0.2) is 31.3 Å². The van der Waals surface area contributed by atoms with Gasteiger partial charge in [-0.2, -0.15) is 5.26 Å².